The first kappa shape index (κ1) is 30.1. The summed E-state index contributed by atoms with van der Waals surface area (Å²) in [6.45, 7) is 2.28. The molecule has 1 nitrogen and oxygen atoms in total. The van der Waals surface area contributed by atoms with E-state index in [1.165, 1.54) is 69.8 Å². The molecule has 40 heavy (non-hydrogen) atoms. The van der Waals surface area contributed by atoms with Gasteiger partial charge in [0.2, 0.25) is 0 Å². The fraction of sp³-hybridized carbons (Fsp3) is 0.368. The first-order valence-corrected chi connectivity index (χ1v) is 17.4. The second-order valence-corrected chi connectivity index (χ2v) is 14.0. The second kappa shape index (κ2) is 16.4. The molecule has 0 aliphatic carbocycles. The molecule has 0 N–H and O–H groups in total. The van der Waals surface area contributed by atoms with Crippen molar-refractivity contribution in [2.75, 3.05) is 0 Å². The fourth-order valence-corrected chi connectivity index (χ4v) is 9.56. The molecule has 0 fully saturated rings. The van der Waals surface area contributed by atoms with Gasteiger partial charge in [-0.15, -0.1) is 0 Å². The third-order valence-corrected chi connectivity index (χ3v) is 11.7. The van der Waals surface area contributed by atoms with Gasteiger partial charge in [-0.05, 0) is 29.5 Å². The van der Waals surface area contributed by atoms with Crippen LogP contribution < -0.4 is 10.6 Å². The molecule has 0 aliphatic heterocycles. The summed E-state index contributed by atoms with van der Waals surface area (Å²) in [7, 11) is -3.10. The van der Waals surface area contributed by atoms with Crippen molar-refractivity contribution in [3.8, 4) is 0 Å². The third-order valence-electron chi connectivity index (χ3n) is 8.13. The van der Waals surface area contributed by atoms with E-state index in [-0.39, 0.29) is 5.66 Å². The minimum absolute atomic E-state index is 0.240. The van der Waals surface area contributed by atoms with Crippen LogP contribution in [0.5, 0.6) is 0 Å². The topological polar surface area (TPSA) is 17.1 Å². The van der Waals surface area contributed by atoms with Crippen LogP contribution >= 0.6 is 7.14 Å². The highest BCUT2D eigenvalue weighted by Gasteiger charge is 2.40. The largest absolute Gasteiger partial charge is 0.313 e. The predicted octanol–water partition coefficient (Wildman–Crippen LogP) is 10.6. The lowest BCUT2D eigenvalue weighted by Gasteiger charge is -2.31. The van der Waals surface area contributed by atoms with Crippen LogP contribution in [0.15, 0.2) is 115 Å². The van der Waals surface area contributed by atoms with E-state index in [9.17, 15) is 0 Å². The molecule has 1 atom stereocenters. The van der Waals surface area contributed by atoms with Gasteiger partial charge in [0.1, 0.15) is 0 Å². The van der Waals surface area contributed by atoms with Crippen LogP contribution in [0.4, 0.5) is 0 Å². The summed E-state index contributed by atoms with van der Waals surface area (Å²) in [5, 5.41) is 1.95. The quantitative estimate of drug-likeness (QED) is 0.0944. The molecule has 0 spiro atoms. The molecule has 0 saturated heterocycles. The van der Waals surface area contributed by atoms with Gasteiger partial charge < -0.3 is 4.57 Å². The molecule has 0 bridgehead atoms. The average molecular weight is 551 g/mol. The second-order valence-electron chi connectivity index (χ2n) is 11.1. The standard InChI is InChI=1S/C38H47OP/c1-2-3-4-5-6-7-8-9-10-11-15-24-33-25-22-23-32-37(33)40(39,36-30-20-14-21-31-36)38(34-26-16-12-17-27-34)35-28-18-13-19-29-35/h12-14,16-23,25-32,38H,2-11,15,24H2,1H3. The van der Waals surface area contributed by atoms with Gasteiger partial charge in [0.05, 0.1) is 5.66 Å². The zero-order valence-electron chi connectivity index (χ0n) is 24.4. The van der Waals surface area contributed by atoms with Gasteiger partial charge in [0.15, 0.2) is 7.14 Å². The van der Waals surface area contributed by atoms with Gasteiger partial charge in [-0.3, -0.25) is 0 Å². The monoisotopic (exact) mass is 550 g/mol. The lowest BCUT2D eigenvalue weighted by molar-refractivity contribution is 0.549. The third kappa shape index (κ3) is 8.08. The number of rotatable bonds is 17. The van der Waals surface area contributed by atoms with Gasteiger partial charge in [-0.1, -0.05) is 186 Å². The molecule has 0 aliphatic rings. The maximum atomic E-state index is 15.8. The summed E-state index contributed by atoms with van der Waals surface area (Å²) in [4.78, 5) is 0. The summed E-state index contributed by atoms with van der Waals surface area (Å²) >= 11 is 0. The zero-order chi connectivity index (χ0) is 27.9. The maximum Gasteiger partial charge on any atom is 0.154 e. The molecular weight excluding hydrogens is 503 g/mol. The Balaban J connectivity index is 1.55. The Morgan fingerprint density at radius 2 is 0.925 bits per heavy atom. The normalized spacial score (nSPS) is 12.8. The van der Waals surface area contributed by atoms with Crippen molar-refractivity contribution in [2.24, 2.45) is 0 Å². The van der Waals surface area contributed by atoms with E-state index < -0.39 is 7.14 Å². The van der Waals surface area contributed by atoms with Crippen LogP contribution in [0.1, 0.15) is 99.9 Å². The minimum Gasteiger partial charge on any atom is -0.313 e. The van der Waals surface area contributed by atoms with Crippen molar-refractivity contribution in [1.82, 2.24) is 0 Å². The summed E-state index contributed by atoms with van der Waals surface area (Å²) in [5.41, 5.74) is 3.20. The van der Waals surface area contributed by atoms with Crippen LogP contribution in [-0.4, -0.2) is 0 Å². The summed E-state index contributed by atoms with van der Waals surface area (Å²) in [6.07, 6.45) is 15.6. The molecule has 4 rings (SSSR count). The Morgan fingerprint density at radius 3 is 1.45 bits per heavy atom. The summed E-state index contributed by atoms with van der Waals surface area (Å²) in [5.74, 6) is 0. The van der Waals surface area contributed by atoms with Gasteiger partial charge in [-0.2, -0.15) is 0 Å². The van der Waals surface area contributed by atoms with Crippen LogP contribution in [0.2, 0.25) is 0 Å². The van der Waals surface area contributed by atoms with E-state index in [4.69, 9.17) is 0 Å². The van der Waals surface area contributed by atoms with Crippen molar-refractivity contribution >= 4 is 17.8 Å². The van der Waals surface area contributed by atoms with E-state index in [1.54, 1.807) is 0 Å². The summed E-state index contributed by atoms with van der Waals surface area (Å²) < 4.78 is 15.8. The zero-order valence-corrected chi connectivity index (χ0v) is 25.3. The molecule has 4 aromatic carbocycles. The van der Waals surface area contributed by atoms with E-state index in [2.05, 4.69) is 91.9 Å². The fourth-order valence-electron chi connectivity index (χ4n) is 5.99. The summed E-state index contributed by atoms with van der Waals surface area (Å²) in [6, 6.07) is 39.7. The highest BCUT2D eigenvalue weighted by atomic mass is 31.2. The van der Waals surface area contributed by atoms with Crippen LogP contribution in [-0.2, 0) is 11.0 Å². The Bertz CT molecular complexity index is 1240. The average Bonchev–Trinajstić information content (AvgIpc) is 3.01. The van der Waals surface area contributed by atoms with Crippen molar-refractivity contribution in [3.05, 3.63) is 132 Å². The van der Waals surface area contributed by atoms with E-state index in [0.29, 0.717) is 0 Å². The molecule has 0 aromatic heterocycles. The van der Waals surface area contributed by atoms with Gasteiger partial charge in [0.25, 0.3) is 0 Å². The van der Waals surface area contributed by atoms with Crippen molar-refractivity contribution in [3.63, 3.8) is 0 Å². The highest BCUT2D eigenvalue weighted by Crippen LogP contribution is 2.60. The van der Waals surface area contributed by atoms with Crippen LogP contribution in [0.25, 0.3) is 0 Å². The molecule has 2 heteroatoms. The Hall–Kier alpha value is -2.89. The van der Waals surface area contributed by atoms with Gasteiger partial charge >= 0.3 is 0 Å². The van der Waals surface area contributed by atoms with Crippen molar-refractivity contribution < 1.29 is 4.57 Å². The molecule has 0 saturated carbocycles. The molecule has 0 heterocycles. The smallest absolute Gasteiger partial charge is 0.154 e. The van der Waals surface area contributed by atoms with Gasteiger partial charge in [0, 0.05) is 10.6 Å². The molecule has 1 unspecified atom stereocenters. The lowest BCUT2D eigenvalue weighted by Crippen LogP contribution is -2.25. The lowest BCUT2D eigenvalue weighted by atomic mass is 10.0. The van der Waals surface area contributed by atoms with E-state index in [1.807, 2.05) is 30.3 Å². The SMILES string of the molecule is CCCCCCCCCCCCCc1ccccc1P(=O)(c1ccccc1)C(c1ccccc1)c1ccccc1. The molecule has 4 aromatic rings. The van der Waals surface area contributed by atoms with Crippen LogP contribution in [0, 0.1) is 0 Å². The van der Waals surface area contributed by atoms with Crippen molar-refractivity contribution in [2.45, 2.75) is 89.6 Å². The predicted molar refractivity (Wildman–Crippen MR) is 175 cm³/mol. The minimum atomic E-state index is -3.10. The number of aryl methyl sites for hydroxylation is 1. The Labute approximate surface area is 243 Å². The van der Waals surface area contributed by atoms with Gasteiger partial charge in [-0.25, -0.2) is 0 Å². The number of benzene rings is 4. The first-order chi connectivity index (χ1) is 19.7. The number of hydrogen-bond donors (Lipinski definition) is 0. The molecular formula is C38H47OP. The molecule has 0 radical (unpaired) electrons. The number of hydrogen-bond acceptors (Lipinski definition) is 1. The first-order valence-electron chi connectivity index (χ1n) is 15.6. The van der Waals surface area contributed by atoms with Crippen molar-refractivity contribution in [1.29, 1.82) is 0 Å². The van der Waals surface area contributed by atoms with Crippen LogP contribution in [0.3, 0.4) is 0 Å². The Kier molecular flexibility index (Phi) is 12.3. The highest BCUT2D eigenvalue weighted by molar-refractivity contribution is 7.79. The number of unbranched alkanes of at least 4 members (excludes halogenated alkanes) is 10. The molecule has 210 valence electrons. The Morgan fingerprint density at radius 1 is 0.500 bits per heavy atom. The molecule has 0 amide bonds. The van der Waals surface area contributed by atoms with E-state index in [0.717, 1.165) is 34.6 Å². The maximum absolute atomic E-state index is 15.8. The van der Waals surface area contributed by atoms with E-state index >= 15 is 4.57 Å².